The molecule has 0 atom stereocenters. The van der Waals surface area contributed by atoms with Gasteiger partial charge in [0.25, 0.3) is 0 Å². The zero-order valence-corrected chi connectivity index (χ0v) is 6.80. The lowest BCUT2D eigenvalue weighted by molar-refractivity contribution is 1.31. The summed E-state index contributed by atoms with van der Waals surface area (Å²) in [6.45, 7) is 2.21. The van der Waals surface area contributed by atoms with E-state index in [2.05, 4.69) is 24.6 Å². The molecule has 2 nitrogen and oxygen atoms in total. The highest BCUT2D eigenvalue weighted by Gasteiger charge is 1.75. The Morgan fingerprint density at radius 1 is 1.70 bits per heavy atom. The third kappa shape index (κ3) is 7.40. The minimum Gasteiger partial charge on any atom is -0.351 e. The van der Waals surface area contributed by atoms with Crippen LogP contribution in [0.1, 0.15) is 6.92 Å². The molecule has 0 saturated heterocycles. The molecule has 1 heterocycles. The number of nitrogens with one attached hydrogen (secondary N) is 1. The standard InChI is InChI=1S/C3H4N2.C2H9B3/c1-2-5-3-4-1;1-2-4-5-3/h1-3H,(H,4,5);4-5H,2-3H2,1H3. The zero-order valence-electron chi connectivity index (χ0n) is 6.80. The Morgan fingerprint density at radius 2 is 2.50 bits per heavy atom. The summed E-state index contributed by atoms with van der Waals surface area (Å²) in [6, 6.07) is 0. The van der Waals surface area contributed by atoms with Gasteiger partial charge in [0.1, 0.15) is 0 Å². The minimum atomic E-state index is 1.34. The van der Waals surface area contributed by atoms with Crippen LogP contribution in [-0.2, 0) is 0 Å². The minimum absolute atomic E-state index is 1.34. The van der Waals surface area contributed by atoms with Crippen LogP contribution in [0.4, 0.5) is 0 Å². The number of rotatable bonds is 2. The summed E-state index contributed by atoms with van der Waals surface area (Å²) in [5.41, 5.74) is 0. The maximum atomic E-state index is 3.67. The number of hydrogen-bond acceptors (Lipinski definition) is 1. The van der Waals surface area contributed by atoms with Crippen molar-refractivity contribution in [1.29, 1.82) is 0 Å². The van der Waals surface area contributed by atoms with E-state index < -0.39 is 0 Å². The van der Waals surface area contributed by atoms with Gasteiger partial charge in [0, 0.05) is 12.4 Å². The summed E-state index contributed by atoms with van der Waals surface area (Å²) in [6.07, 6.45) is 6.43. The topological polar surface area (TPSA) is 28.7 Å². The van der Waals surface area contributed by atoms with Gasteiger partial charge in [-0.15, -0.1) is 0 Å². The maximum absolute atomic E-state index is 3.67. The second kappa shape index (κ2) is 8.40. The van der Waals surface area contributed by atoms with E-state index in [0.717, 1.165) is 0 Å². The van der Waals surface area contributed by atoms with Gasteiger partial charge in [-0.05, 0) is 0 Å². The van der Waals surface area contributed by atoms with E-state index in [1.54, 1.807) is 18.7 Å². The fourth-order valence-electron chi connectivity index (χ4n) is 0.569. The van der Waals surface area contributed by atoms with Crippen LogP contribution in [0.15, 0.2) is 18.7 Å². The van der Waals surface area contributed by atoms with E-state index >= 15 is 0 Å². The molecule has 0 aliphatic rings. The molecule has 1 N–H and O–H groups in total. The Kier molecular flexibility index (Phi) is 7.90. The predicted molar refractivity (Wildman–Crippen MR) is 51.9 cm³/mol. The third-order valence-electron chi connectivity index (χ3n) is 1.11. The van der Waals surface area contributed by atoms with Crippen LogP contribution in [0.5, 0.6) is 0 Å². The van der Waals surface area contributed by atoms with Gasteiger partial charge in [-0.25, -0.2) is 4.98 Å². The van der Waals surface area contributed by atoms with E-state index in [0.29, 0.717) is 0 Å². The molecule has 0 aromatic carbocycles. The zero-order chi connectivity index (χ0) is 7.66. The second-order valence-corrected chi connectivity index (χ2v) is 2.11. The molecule has 10 heavy (non-hydrogen) atoms. The Balaban J connectivity index is 0.000000162. The number of H-pyrrole nitrogens is 1. The lowest BCUT2D eigenvalue weighted by atomic mass is 9.27. The molecule has 0 radical (unpaired) electrons. The molecule has 0 saturated carbocycles. The number of nitrogens with zero attached hydrogens (tertiary/aromatic N) is 1. The fraction of sp³-hybridized carbons (Fsp3) is 0.400. The summed E-state index contributed by atoms with van der Waals surface area (Å²) in [7, 11) is 4.94. The molecule has 5 heteroatoms. The number of hydrogen-bond donors (Lipinski definition) is 1. The van der Waals surface area contributed by atoms with Gasteiger partial charge in [-0.3, -0.25) is 0 Å². The summed E-state index contributed by atoms with van der Waals surface area (Å²) in [4.78, 5) is 6.42. The Labute approximate surface area is 64.7 Å². The van der Waals surface area contributed by atoms with Crippen molar-refractivity contribution in [3.63, 3.8) is 0 Å². The van der Waals surface area contributed by atoms with Crippen LogP contribution in [0.3, 0.4) is 0 Å². The molecule has 52 valence electrons. The van der Waals surface area contributed by atoms with Crippen LogP contribution >= 0.6 is 0 Å². The van der Waals surface area contributed by atoms with Crippen molar-refractivity contribution in [3.8, 4) is 0 Å². The smallest absolute Gasteiger partial charge is 0.0919 e. The average Bonchev–Trinajstić information content (AvgIpc) is 2.44. The second-order valence-electron chi connectivity index (χ2n) is 2.11. The quantitative estimate of drug-likeness (QED) is 0.525. The lowest BCUT2D eigenvalue weighted by Gasteiger charge is -1.72. The monoisotopic (exact) mass is 134 g/mol. The van der Waals surface area contributed by atoms with Crippen molar-refractivity contribution in [1.82, 2.24) is 9.97 Å². The third-order valence-corrected chi connectivity index (χ3v) is 1.11. The summed E-state index contributed by atoms with van der Waals surface area (Å²) < 4.78 is 0. The van der Waals surface area contributed by atoms with E-state index in [4.69, 9.17) is 0 Å². The highest BCUT2D eigenvalue weighted by atomic mass is 14.8. The molecule has 0 bridgehead atoms. The van der Waals surface area contributed by atoms with Gasteiger partial charge in [0.05, 0.1) is 28.3 Å². The van der Waals surface area contributed by atoms with Crippen molar-refractivity contribution in [2.24, 2.45) is 0 Å². The van der Waals surface area contributed by atoms with Gasteiger partial charge < -0.3 is 4.98 Å². The van der Waals surface area contributed by atoms with Crippen molar-refractivity contribution < 1.29 is 0 Å². The molecular weight excluding hydrogens is 121 g/mol. The lowest BCUT2D eigenvalue weighted by Crippen LogP contribution is -1.98. The molecule has 0 fully saturated rings. The Morgan fingerprint density at radius 3 is 2.60 bits per heavy atom. The van der Waals surface area contributed by atoms with Crippen molar-refractivity contribution in [2.45, 2.75) is 13.2 Å². The van der Waals surface area contributed by atoms with Crippen LogP contribution in [-0.4, -0.2) is 31.9 Å². The molecular formula is C5H13B3N2. The summed E-state index contributed by atoms with van der Waals surface area (Å²) >= 11 is 0. The highest BCUT2D eigenvalue weighted by molar-refractivity contribution is 7.23. The molecule has 0 spiro atoms. The molecule has 0 aliphatic carbocycles. The summed E-state index contributed by atoms with van der Waals surface area (Å²) in [5, 5.41) is 0. The first-order valence-electron chi connectivity index (χ1n) is 3.84. The first kappa shape index (κ1) is 9.40. The van der Waals surface area contributed by atoms with Crippen molar-refractivity contribution in [2.75, 3.05) is 0 Å². The number of imidazole rings is 1. The van der Waals surface area contributed by atoms with Crippen LogP contribution in [0.25, 0.3) is 0 Å². The van der Waals surface area contributed by atoms with Gasteiger partial charge >= 0.3 is 0 Å². The van der Waals surface area contributed by atoms with Crippen LogP contribution < -0.4 is 0 Å². The normalized spacial score (nSPS) is 7.30. The largest absolute Gasteiger partial charge is 0.351 e. The number of aromatic nitrogens is 2. The Hall–Kier alpha value is -0.595. The fourth-order valence-corrected chi connectivity index (χ4v) is 0.569. The molecule has 0 unspecified atom stereocenters. The maximum Gasteiger partial charge on any atom is 0.0919 e. The highest BCUT2D eigenvalue weighted by Crippen LogP contribution is 1.63. The van der Waals surface area contributed by atoms with E-state index in [1.807, 2.05) is 0 Å². The van der Waals surface area contributed by atoms with Crippen molar-refractivity contribution >= 4 is 22.0 Å². The van der Waals surface area contributed by atoms with E-state index in [9.17, 15) is 0 Å². The van der Waals surface area contributed by atoms with E-state index in [-0.39, 0.29) is 0 Å². The van der Waals surface area contributed by atoms with Crippen LogP contribution in [0, 0.1) is 0 Å². The molecule has 0 aliphatic heterocycles. The van der Waals surface area contributed by atoms with E-state index in [1.165, 1.54) is 20.6 Å². The molecule has 1 rings (SSSR count). The van der Waals surface area contributed by atoms with Crippen LogP contribution in [0.2, 0.25) is 6.32 Å². The first-order valence-corrected chi connectivity index (χ1v) is 3.84. The average molecular weight is 134 g/mol. The predicted octanol–water partition coefficient (Wildman–Crippen LogP) is -0.830. The Bertz CT molecular complexity index is 101. The summed E-state index contributed by atoms with van der Waals surface area (Å²) in [5.74, 6) is 0. The number of aromatic amines is 1. The van der Waals surface area contributed by atoms with Gasteiger partial charge in [0.2, 0.25) is 0 Å². The van der Waals surface area contributed by atoms with Gasteiger partial charge in [0.15, 0.2) is 0 Å². The first-order chi connectivity index (χ1) is 4.91. The van der Waals surface area contributed by atoms with Gasteiger partial charge in [-0.1, -0.05) is 13.2 Å². The molecule has 0 amide bonds. The molecule has 1 aromatic rings. The van der Waals surface area contributed by atoms with Crippen molar-refractivity contribution in [3.05, 3.63) is 18.7 Å². The SMILES string of the molecule is BBBCC.c1c[nH]cn1. The van der Waals surface area contributed by atoms with Gasteiger partial charge in [-0.2, -0.15) is 0 Å². The molecule has 1 aromatic heterocycles.